The molecular formula is C29H48O. The molecule has 4 aliphatic rings. The van der Waals surface area contributed by atoms with Crippen LogP contribution in [0.2, 0.25) is 0 Å². The van der Waals surface area contributed by atoms with Gasteiger partial charge < -0.3 is 5.11 Å². The van der Waals surface area contributed by atoms with E-state index in [9.17, 15) is 5.11 Å². The van der Waals surface area contributed by atoms with Gasteiger partial charge in [-0.2, -0.15) is 0 Å². The first kappa shape index (κ1) is 22.6. The molecule has 0 aliphatic heterocycles. The molecule has 4 rings (SSSR count). The Bertz CT molecular complexity index is 723. The van der Waals surface area contributed by atoms with Crippen molar-refractivity contribution in [3.63, 3.8) is 0 Å². The Morgan fingerprint density at radius 2 is 1.77 bits per heavy atom. The molecule has 0 aromatic heterocycles. The number of fused-ring (bicyclic) bond motifs is 4. The summed E-state index contributed by atoms with van der Waals surface area (Å²) in [7, 11) is 0. The smallest absolute Gasteiger partial charge is 0.0594 e. The molecule has 2 fully saturated rings. The minimum Gasteiger partial charge on any atom is -0.393 e. The highest BCUT2D eigenvalue weighted by Gasteiger charge is 2.59. The molecule has 0 heterocycles. The Hall–Kier alpha value is -0.560. The zero-order valence-electron chi connectivity index (χ0n) is 21.0. The van der Waals surface area contributed by atoms with Gasteiger partial charge in [-0.1, -0.05) is 57.4 Å². The Balaban J connectivity index is 1.59. The van der Waals surface area contributed by atoms with Crippen LogP contribution < -0.4 is 0 Å². The van der Waals surface area contributed by atoms with Crippen molar-refractivity contribution in [2.75, 3.05) is 0 Å². The highest BCUT2D eigenvalue weighted by molar-refractivity contribution is 5.35. The van der Waals surface area contributed by atoms with Crippen molar-refractivity contribution in [2.24, 2.45) is 39.9 Å². The monoisotopic (exact) mass is 412 g/mol. The highest BCUT2D eigenvalue weighted by Crippen LogP contribution is 2.68. The van der Waals surface area contributed by atoms with E-state index in [1.54, 1.807) is 0 Å². The fourth-order valence-electron chi connectivity index (χ4n) is 9.10. The maximum absolute atomic E-state index is 10.8. The van der Waals surface area contributed by atoms with Gasteiger partial charge in [-0.05, 0) is 118 Å². The van der Waals surface area contributed by atoms with E-state index in [1.165, 1.54) is 63.4 Å². The van der Waals surface area contributed by atoms with Crippen LogP contribution in [-0.4, -0.2) is 11.2 Å². The van der Waals surface area contributed by atoms with E-state index in [0.29, 0.717) is 16.7 Å². The molecule has 0 aromatic rings. The number of hydrogen-bond acceptors (Lipinski definition) is 1. The lowest BCUT2D eigenvalue weighted by molar-refractivity contribution is -0.0931. The zero-order chi connectivity index (χ0) is 21.9. The van der Waals surface area contributed by atoms with Gasteiger partial charge in [0.1, 0.15) is 0 Å². The lowest BCUT2D eigenvalue weighted by Crippen LogP contribution is -2.53. The minimum atomic E-state index is -0.121. The van der Waals surface area contributed by atoms with Crippen molar-refractivity contribution in [1.29, 1.82) is 0 Å². The second-order valence-electron chi connectivity index (χ2n) is 13.0. The molecular weight excluding hydrogens is 364 g/mol. The van der Waals surface area contributed by atoms with Crippen molar-refractivity contribution in [3.05, 3.63) is 22.8 Å². The first-order chi connectivity index (χ1) is 14.0. The molecule has 0 aromatic carbocycles. The molecule has 2 unspecified atom stereocenters. The van der Waals surface area contributed by atoms with Crippen molar-refractivity contribution in [3.8, 4) is 0 Å². The average molecular weight is 413 g/mol. The average Bonchev–Trinajstić information content (AvgIpc) is 3.02. The summed E-state index contributed by atoms with van der Waals surface area (Å²) in [6.45, 7) is 16.9. The Kier molecular flexibility index (Phi) is 5.87. The molecule has 30 heavy (non-hydrogen) atoms. The molecule has 1 nitrogen and oxygen atoms in total. The second kappa shape index (κ2) is 7.79. The van der Waals surface area contributed by atoms with Crippen LogP contribution in [-0.2, 0) is 0 Å². The second-order valence-corrected chi connectivity index (χ2v) is 13.0. The summed E-state index contributed by atoms with van der Waals surface area (Å²) in [6, 6.07) is 0. The van der Waals surface area contributed by atoms with E-state index < -0.39 is 0 Å². The van der Waals surface area contributed by atoms with Gasteiger partial charge in [-0.15, -0.1) is 0 Å². The molecule has 170 valence electrons. The maximum atomic E-state index is 10.8. The summed E-state index contributed by atoms with van der Waals surface area (Å²) in [5.41, 5.74) is 6.15. The van der Waals surface area contributed by atoms with Gasteiger partial charge in [-0.25, -0.2) is 0 Å². The summed E-state index contributed by atoms with van der Waals surface area (Å²) in [5, 5.41) is 10.8. The van der Waals surface area contributed by atoms with Crippen molar-refractivity contribution >= 4 is 0 Å². The summed E-state index contributed by atoms with van der Waals surface area (Å²) < 4.78 is 0. The van der Waals surface area contributed by atoms with Crippen LogP contribution in [0.3, 0.4) is 0 Å². The Morgan fingerprint density at radius 1 is 1.03 bits per heavy atom. The van der Waals surface area contributed by atoms with Gasteiger partial charge in [0.15, 0.2) is 0 Å². The Labute approximate surface area is 186 Å². The van der Waals surface area contributed by atoms with E-state index in [1.807, 2.05) is 11.1 Å². The van der Waals surface area contributed by atoms with Crippen LogP contribution in [0, 0.1) is 39.9 Å². The molecule has 0 bridgehead atoms. The van der Waals surface area contributed by atoms with E-state index >= 15 is 0 Å². The van der Waals surface area contributed by atoms with Gasteiger partial charge in [0.2, 0.25) is 0 Å². The summed E-state index contributed by atoms with van der Waals surface area (Å²) in [6.07, 6.45) is 15.3. The van der Waals surface area contributed by atoms with Crippen molar-refractivity contribution in [2.45, 2.75) is 119 Å². The Morgan fingerprint density at radius 3 is 2.47 bits per heavy atom. The SMILES string of the molecule is CC(C)=CCC[C@@H](C)[C@H]1CCC2C3=C(CC[C@@]21C)[C@@]1(C)CC[C@H](O)C(C)(C)C1CC3. The van der Waals surface area contributed by atoms with E-state index in [-0.39, 0.29) is 11.5 Å². The van der Waals surface area contributed by atoms with Crippen LogP contribution >= 0.6 is 0 Å². The third-order valence-electron chi connectivity index (χ3n) is 10.8. The van der Waals surface area contributed by atoms with Crippen LogP contribution in [0.4, 0.5) is 0 Å². The molecule has 1 heteroatoms. The largest absolute Gasteiger partial charge is 0.393 e. The number of hydrogen-bond donors (Lipinski definition) is 1. The molecule has 2 saturated carbocycles. The summed E-state index contributed by atoms with van der Waals surface area (Å²) in [5.74, 6) is 3.23. The van der Waals surface area contributed by atoms with Gasteiger partial charge in [0.25, 0.3) is 0 Å². The maximum Gasteiger partial charge on any atom is 0.0594 e. The van der Waals surface area contributed by atoms with Gasteiger partial charge in [-0.3, -0.25) is 0 Å². The number of allylic oxidation sites excluding steroid dienone is 4. The zero-order valence-corrected chi connectivity index (χ0v) is 21.0. The van der Waals surface area contributed by atoms with E-state index in [4.69, 9.17) is 0 Å². The molecule has 1 N–H and O–H groups in total. The van der Waals surface area contributed by atoms with Crippen molar-refractivity contribution in [1.82, 2.24) is 0 Å². The lowest BCUT2D eigenvalue weighted by Gasteiger charge is -2.60. The third kappa shape index (κ3) is 3.37. The topological polar surface area (TPSA) is 20.2 Å². The van der Waals surface area contributed by atoms with E-state index in [0.717, 1.165) is 24.2 Å². The predicted octanol–water partition coefficient (Wildman–Crippen LogP) is 8.09. The number of aliphatic hydroxyl groups excluding tert-OH is 1. The number of aliphatic hydroxyl groups is 1. The summed E-state index contributed by atoms with van der Waals surface area (Å²) >= 11 is 0. The van der Waals surface area contributed by atoms with E-state index in [2.05, 4.69) is 54.5 Å². The van der Waals surface area contributed by atoms with Crippen LogP contribution in [0.25, 0.3) is 0 Å². The quantitative estimate of drug-likeness (QED) is 0.462. The standard InChI is InChI=1S/C29H48O/c1-19(2)9-8-10-20(3)22-12-13-23-21-11-14-25-27(4,5)26(30)16-18-29(25,7)24(21)15-17-28(22,23)6/h9,20,22-23,25-26,30H,8,10-18H2,1-7H3/t20-,22-,23?,25?,26+,28-,29-/m1/s1. The van der Waals surface area contributed by atoms with Crippen LogP contribution in [0.15, 0.2) is 22.8 Å². The fourth-order valence-corrected chi connectivity index (χ4v) is 9.10. The molecule has 0 saturated heterocycles. The predicted molar refractivity (Wildman–Crippen MR) is 128 cm³/mol. The first-order valence-corrected chi connectivity index (χ1v) is 13.1. The minimum absolute atomic E-state index is 0.0595. The fraction of sp³-hybridized carbons (Fsp3) is 0.862. The van der Waals surface area contributed by atoms with Gasteiger partial charge in [0, 0.05) is 0 Å². The highest BCUT2D eigenvalue weighted by atomic mass is 16.3. The molecule has 7 atom stereocenters. The van der Waals surface area contributed by atoms with Crippen LogP contribution in [0.5, 0.6) is 0 Å². The van der Waals surface area contributed by atoms with Crippen LogP contribution in [0.1, 0.15) is 113 Å². The summed E-state index contributed by atoms with van der Waals surface area (Å²) in [4.78, 5) is 0. The molecule has 0 amide bonds. The van der Waals surface area contributed by atoms with Gasteiger partial charge >= 0.3 is 0 Å². The first-order valence-electron chi connectivity index (χ1n) is 13.1. The van der Waals surface area contributed by atoms with Crippen molar-refractivity contribution < 1.29 is 5.11 Å². The normalized spacial score (nSPS) is 43.5. The van der Waals surface area contributed by atoms with Gasteiger partial charge in [0.05, 0.1) is 6.10 Å². The number of rotatable bonds is 4. The third-order valence-corrected chi connectivity index (χ3v) is 10.8. The lowest BCUT2D eigenvalue weighted by atomic mass is 9.46. The molecule has 4 aliphatic carbocycles. The molecule has 0 radical (unpaired) electrons. The molecule has 0 spiro atoms.